The van der Waals surface area contributed by atoms with Gasteiger partial charge in [-0.25, -0.2) is 0 Å². The molecule has 1 aromatic heterocycles. The Balaban J connectivity index is 2.43. The second-order valence-electron chi connectivity index (χ2n) is 3.46. The largest absolute Gasteiger partial charge is 0.468 e. The molecule has 2 aromatic rings. The van der Waals surface area contributed by atoms with Crippen LogP contribution in [0.25, 0.3) is 10.9 Å². The molecule has 4 nitrogen and oxygen atoms in total. The standard InChI is InChI=1S/C12H12N2O2/c1-16-12(15)11(13)9-5-4-8-3-2-6-14-10(8)7-9/h2-7,11H,13H2,1H3. The van der Waals surface area contributed by atoms with Crippen LogP contribution in [0.4, 0.5) is 0 Å². The SMILES string of the molecule is COC(=O)C(N)c1ccc2cccnc2c1. The Labute approximate surface area is 93.0 Å². The molecule has 4 heteroatoms. The van der Waals surface area contributed by atoms with Crippen molar-refractivity contribution in [1.82, 2.24) is 4.98 Å². The van der Waals surface area contributed by atoms with Crippen molar-refractivity contribution in [2.45, 2.75) is 6.04 Å². The van der Waals surface area contributed by atoms with Crippen LogP contribution in [-0.2, 0) is 9.53 Å². The Kier molecular flexibility index (Phi) is 2.83. The zero-order chi connectivity index (χ0) is 11.5. The highest BCUT2D eigenvalue weighted by atomic mass is 16.5. The summed E-state index contributed by atoms with van der Waals surface area (Å²) < 4.78 is 4.59. The lowest BCUT2D eigenvalue weighted by Gasteiger charge is -2.09. The van der Waals surface area contributed by atoms with E-state index in [-0.39, 0.29) is 0 Å². The number of carbonyl (C=O) groups is 1. The Morgan fingerprint density at radius 3 is 3.00 bits per heavy atom. The summed E-state index contributed by atoms with van der Waals surface area (Å²) >= 11 is 0. The third kappa shape index (κ3) is 1.87. The number of benzene rings is 1. The first-order chi connectivity index (χ1) is 7.72. The summed E-state index contributed by atoms with van der Waals surface area (Å²) in [6.45, 7) is 0. The first kappa shape index (κ1) is 10.6. The van der Waals surface area contributed by atoms with Gasteiger partial charge in [-0.3, -0.25) is 9.78 Å². The average molecular weight is 216 g/mol. The fourth-order valence-electron chi connectivity index (χ4n) is 1.54. The van der Waals surface area contributed by atoms with Crippen LogP contribution in [-0.4, -0.2) is 18.1 Å². The summed E-state index contributed by atoms with van der Waals surface area (Å²) in [4.78, 5) is 15.5. The molecule has 1 atom stereocenters. The van der Waals surface area contributed by atoms with Gasteiger partial charge in [0.1, 0.15) is 6.04 Å². The van der Waals surface area contributed by atoms with Gasteiger partial charge in [0.2, 0.25) is 0 Å². The molecule has 2 N–H and O–H groups in total. The zero-order valence-electron chi connectivity index (χ0n) is 8.88. The number of aromatic nitrogens is 1. The van der Waals surface area contributed by atoms with Gasteiger partial charge in [0.15, 0.2) is 0 Å². The van der Waals surface area contributed by atoms with Crippen LogP contribution in [0.1, 0.15) is 11.6 Å². The summed E-state index contributed by atoms with van der Waals surface area (Å²) in [5.74, 6) is -0.449. The molecule has 0 saturated heterocycles. The summed E-state index contributed by atoms with van der Waals surface area (Å²) in [6, 6.07) is 8.57. The van der Waals surface area contributed by atoms with Crippen molar-refractivity contribution in [2.24, 2.45) is 5.73 Å². The summed E-state index contributed by atoms with van der Waals surface area (Å²) in [6.07, 6.45) is 1.70. The van der Waals surface area contributed by atoms with Gasteiger partial charge in [0.25, 0.3) is 0 Å². The van der Waals surface area contributed by atoms with Gasteiger partial charge in [0, 0.05) is 11.6 Å². The van der Waals surface area contributed by atoms with Crippen molar-refractivity contribution in [3.63, 3.8) is 0 Å². The van der Waals surface area contributed by atoms with Crippen molar-refractivity contribution in [3.8, 4) is 0 Å². The number of nitrogens with zero attached hydrogens (tertiary/aromatic N) is 1. The lowest BCUT2D eigenvalue weighted by Crippen LogP contribution is -2.22. The average Bonchev–Trinajstić information content (AvgIpc) is 2.36. The van der Waals surface area contributed by atoms with Crippen LogP contribution in [0.3, 0.4) is 0 Å². The van der Waals surface area contributed by atoms with Gasteiger partial charge >= 0.3 is 5.97 Å². The summed E-state index contributed by atoms with van der Waals surface area (Å²) in [5, 5.41) is 1.02. The van der Waals surface area contributed by atoms with Gasteiger partial charge < -0.3 is 10.5 Å². The topological polar surface area (TPSA) is 65.2 Å². The molecule has 1 unspecified atom stereocenters. The molecule has 1 heterocycles. The number of fused-ring (bicyclic) bond motifs is 1. The van der Waals surface area contributed by atoms with E-state index >= 15 is 0 Å². The highest BCUT2D eigenvalue weighted by molar-refractivity contribution is 5.82. The quantitative estimate of drug-likeness (QED) is 0.771. The molecule has 0 fully saturated rings. The molecule has 82 valence electrons. The molecule has 0 saturated carbocycles. The minimum atomic E-state index is -0.753. The van der Waals surface area contributed by atoms with Gasteiger partial charge in [-0.2, -0.15) is 0 Å². The van der Waals surface area contributed by atoms with E-state index in [0.29, 0.717) is 5.56 Å². The maximum Gasteiger partial charge on any atom is 0.327 e. The maximum absolute atomic E-state index is 11.3. The third-order valence-corrected chi connectivity index (χ3v) is 2.44. The first-order valence-corrected chi connectivity index (χ1v) is 4.90. The van der Waals surface area contributed by atoms with Crippen molar-refractivity contribution in [1.29, 1.82) is 0 Å². The number of rotatable bonds is 2. The highest BCUT2D eigenvalue weighted by Gasteiger charge is 2.16. The third-order valence-electron chi connectivity index (χ3n) is 2.44. The first-order valence-electron chi connectivity index (χ1n) is 4.90. The number of hydrogen-bond acceptors (Lipinski definition) is 4. The van der Waals surface area contributed by atoms with E-state index in [2.05, 4.69) is 9.72 Å². The molecule has 0 aliphatic carbocycles. The second kappa shape index (κ2) is 4.28. The predicted molar refractivity (Wildman–Crippen MR) is 60.7 cm³/mol. The number of carbonyl (C=O) groups excluding carboxylic acids is 1. The maximum atomic E-state index is 11.3. The molecular weight excluding hydrogens is 204 g/mol. The highest BCUT2D eigenvalue weighted by Crippen LogP contribution is 2.18. The zero-order valence-corrected chi connectivity index (χ0v) is 8.88. The Morgan fingerprint density at radius 2 is 2.25 bits per heavy atom. The normalized spacial score (nSPS) is 12.4. The summed E-state index contributed by atoms with van der Waals surface area (Å²) in [5.41, 5.74) is 7.26. The number of nitrogens with two attached hydrogens (primary N) is 1. The summed E-state index contributed by atoms with van der Waals surface area (Å²) in [7, 11) is 1.32. The van der Waals surface area contributed by atoms with Crippen molar-refractivity contribution in [3.05, 3.63) is 42.1 Å². The lowest BCUT2D eigenvalue weighted by atomic mass is 10.1. The van der Waals surface area contributed by atoms with Crippen LogP contribution in [0.15, 0.2) is 36.5 Å². The molecule has 0 aliphatic heterocycles. The molecule has 0 spiro atoms. The molecule has 0 aliphatic rings. The Hall–Kier alpha value is -1.94. The molecule has 0 radical (unpaired) electrons. The molecular formula is C12H12N2O2. The molecule has 2 rings (SSSR count). The smallest absolute Gasteiger partial charge is 0.327 e. The van der Waals surface area contributed by atoms with Crippen LogP contribution in [0.2, 0.25) is 0 Å². The monoisotopic (exact) mass is 216 g/mol. The minimum absolute atomic E-state index is 0.449. The second-order valence-corrected chi connectivity index (χ2v) is 3.46. The van der Waals surface area contributed by atoms with E-state index < -0.39 is 12.0 Å². The van der Waals surface area contributed by atoms with Crippen LogP contribution >= 0.6 is 0 Å². The molecule has 16 heavy (non-hydrogen) atoms. The Bertz CT molecular complexity index is 525. The van der Waals surface area contributed by atoms with Gasteiger partial charge in [-0.15, -0.1) is 0 Å². The van der Waals surface area contributed by atoms with Crippen LogP contribution in [0.5, 0.6) is 0 Å². The Morgan fingerprint density at radius 1 is 1.44 bits per heavy atom. The fraction of sp³-hybridized carbons (Fsp3) is 0.167. The number of ether oxygens (including phenoxy) is 1. The number of esters is 1. The van der Waals surface area contributed by atoms with Crippen LogP contribution in [0, 0.1) is 0 Å². The number of pyridine rings is 1. The van der Waals surface area contributed by atoms with E-state index in [1.165, 1.54) is 7.11 Å². The van der Waals surface area contributed by atoms with Crippen molar-refractivity contribution < 1.29 is 9.53 Å². The molecule has 0 bridgehead atoms. The van der Waals surface area contributed by atoms with Crippen molar-refractivity contribution in [2.75, 3.05) is 7.11 Å². The van der Waals surface area contributed by atoms with E-state index in [1.54, 1.807) is 12.3 Å². The lowest BCUT2D eigenvalue weighted by molar-refractivity contribution is -0.142. The number of methoxy groups -OCH3 is 1. The van der Waals surface area contributed by atoms with E-state index in [1.807, 2.05) is 24.3 Å². The molecule has 0 amide bonds. The van der Waals surface area contributed by atoms with Gasteiger partial charge in [0.05, 0.1) is 12.6 Å². The number of hydrogen-bond donors (Lipinski definition) is 1. The van der Waals surface area contributed by atoms with E-state index in [0.717, 1.165) is 10.9 Å². The van der Waals surface area contributed by atoms with E-state index in [4.69, 9.17) is 5.73 Å². The van der Waals surface area contributed by atoms with Gasteiger partial charge in [-0.05, 0) is 17.7 Å². The predicted octanol–water partition coefficient (Wildman–Crippen LogP) is 1.41. The molecule has 1 aromatic carbocycles. The van der Waals surface area contributed by atoms with Crippen LogP contribution < -0.4 is 5.73 Å². The fourth-order valence-corrected chi connectivity index (χ4v) is 1.54. The minimum Gasteiger partial charge on any atom is -0.468 e. The van der Waals surface area contributed by atoms with Crippen molar-refractivity contribution >= 4 is 16.9 Å². The van der Waals surface area contributed by atoms with Gasteiger partial charge in [-0.1, -0.05) is 18.2 Å². The van der Waals surface area contributed by atoms with E-state index in [9.17, 15) is 4.79 Å².